The number of ether oxygens (including phenoxy) is 1. The van der Waals surface area contributed by atoms with Crippen LogP contribution in [0.25, 0.3) is 11.0 Å². The highest BCUT2D eigenvalue weighted by atomic mass is 19.4. The molecule has 0 spiro atoms. The molecular weight excluding hydrogens is 406 g/mol. The van der Waals surface area contributed by atoms with Gasteiger partial charge < -0.3 is 24.8 Å². The molecule has 1 aromatic carbocycles. The number of hydrogen-bond donors (Lipinski definition) is 1. The van der Waals surface area contributed by atoms with Crippen LogP contribution in [0.1, 0.15) is 12.0 Å². The number of alkyl halides is 4. The second-order valence-electron chi connectivity index (χ2n) is 7.61. The van der Waals surface area contributed by atoms with Gasteiger partial charge in [0.15, 0.2) is 0 Å². The Morgan fingerprint density at radius 2 is 1.97 bits per heavy atom. The van der Waals surface area contributed by atoms with Crippen LogP contribution in [0.2, 0.25) is 0 Å². The van der Waals surface area contributed by atoms with Crippen molar-refractivity contribution in [2.24, 2.45) is 5.73 Å². The standard InChI is InChI=1S/C19H23F4N5O2/c20-13-3-4-27(10-14(13)24)18-25-15-9-12(19(21,22)23)1-2-16(15)28(18)11-17(29)26-5-7-30-8-6-26/h1-2,9,13-14H,3-8,10-11,24H2/t13-,14-/m1/s1. The van der Waals surface area contributed by atoms with E-state index < -0.39 is 24.0 Å². The average molecular weight is 429 g/mol. The fraction of sp³-hybridized carbons (Fsp3) is 0.579. The van der Waals surface area contributed by atoms with Gasteiger partial charge in [-0.05, 0) is 24.6 Å². The van der Waals surface area contributed by atoms with Crippen LogP contribution in [-0.2, 0) is 22.3 Å². The van der Waals surface area contributed by atoms with Crippen molar-refractivity contribution < 1.29 is 27.1 Å². The molecule has 2 aromatic rings. The minimum Gasteiger partial charge on any atom is -0.378 e. The van der Waals surface area contributed by atoms with Crippen LogP contribution in [-0.4, -0.2) is 72.0 Å². The van der Waals surface area contributed by atoms with Gasteiger partial charge in [-0.3, -0.25) is 4.79 Å². The van der Waals surface area contributed by atoms with Crippen LogP contribution in [0.5, 0.6) is 0 Å². The summed E-state index contributed by atoms with van der Waals surface area (Å²) in [7, 11) is 0. The number of imidazole rings is 1. The molecule has 2 N–H and O–H groups in total. The number of aromatic nitrogens is 2. The van der Waals surface area contributed by atoms with Gasteiger partial charge in [-0.25, -0.2) is 9.37 Å². The summed E-state index contributed by atoms with van der Waals surface area (Å²) in [5, 5.41) is 0. The van der Waals surface area contributed by atoms with E-state index in [0.717, 1.165) is 12.1 Å². The maximum atomic E-state index is 13.8. The molecule has 164 valence electrons. The molecule has 0 saturated carbocycles. The van der Waals surface area contributed by atoms with Gasteiger partial charge in [-0.15, -0.1) is 0 Å². The number of nitrogens with two attached hydrogens (primary N) is 1. The second-order valence-corrected chi connectivity index (χ2v) is 7.61. The van der Waals surface area contributed by atoms with E-state index in [0.29, 0.717) is 44.3 Å². The first-order valence-corrected chi connectivity index (χ1v) is 9.81. The maximum Gasteiger partial charge on any atom is 0.416 e. The third-order valence-corrected chi connectivity index (χ3v) is 5.57. The molecule has 1 amide bonds. The molecule has 0 bridgehead atoms. The van der Waals surface area contributed by atoms with E-state index in [1.165, 1.54) is 6.07 Å². The molecule has 1 aromatic heterocycles. The van der Waals surface area contributed by atoms with E-state index >= 15 is 0 Å². The molecule has 2 saturated heterocycles. The zero-order chi connectivity index (χ0) is 21.5. The molecule has 11 heteroatoms. The number of hydrogen-bond acceptors (Lipinski definition) is 5. The number of benzene rings is 1. The van der Waals surface area contributed by atoms with Crippen molar-refractivity contribution in [3.63, 3.8) is 0 Å². The molecule has 0 aliphatic carbocycles. The van der Waals surface area contributed by atoms with Gasteiger partial charge in [0.1, 0.15) is 12.7 Å². The third-order valence-electron chi connectivity index (χ3n) is 5.57. The summed E-state index contributed by atoms with van der Waals surface area (Å²) in [6.07, 6.45) is -5.46. The molecule has 2 aliphatic rings. The number of amides is 1. The number of anilines is 1. The van der Waals surface area contributed by atoms with E-state index in [9.17, 15) is 22.4 Å². The summed E-state index contributed by atoms with van der Waals surface area (Å²) in [6.45, 7) is 2.20. The van der Waals surface area contributed by atoms with Gasteiger partial charge in [0, 0.05) is 26.2 Å². The Balaban J connectivity index is 1.71. The second kappa shape index (κ2) is 8.03. The molecule has 0 unspecified atom stereocenters. The van der Waals surface area contributed by atoms with Crippen molar-refractivity contribution in [1.82, 2.24) is 14.5 Å². The number of carbonyl (C=O) groups is 1. The molecule has 30 heavy (non-hydrogen) atoms. The number of morpholine rings is 1. The summed E-state index contributed by atoms with van der Waals surface area (Å²) >= 11 is 0. The zero-order valence-corrected chi connectivity index (χ0v) is 16.2. The summed E-state index contributed by atoms with van der Waals surface area (Å²) in [6, 6.07) is 2.54. The largest absolute Gasteiger partial charge is 0.416 e. The quantitative estimate of drug-likeness (QED) is 0.753. The predicted octanol–water partition coefficient (Wildman–Crippen LogP) is 1.79. The van der Waals surface area contributed by atoms with Crippen LogP contribution in [0.4, 0.5) is 23.5 Å². The summed E-state index contributed by atoms with van der Waals surface area (Å²) in [5.74, 6) is 0.150. The molecule has 2 fully saturated rings. The van der Waals surface area contributed by atoms with E-state index in [1.807, 2.05) is 0 Å². The fourth-order valence-electron chi connectivity index (χ4n) is 3.87. The number of nitrogens with zero attached hydrogens (tertiary/aromatic N) is 4. The Labute approximate surface area is 170 Å². The normalized spacial score (nSPS) is 23.2. The monoisotopic (exact) mass is 429 g/mol. The van der Waals surface area contributed by atoms with E-state index in [4.69, 9.17) is 10.5 Å². The molecule has 7 nitrogen and oxygen atoms in total. The van der Waals surface area contributed by atoms with Gasteiger partial charge in [-0.2, -0.15) is 13.2 Å². The highest BCUT2D eigenvalue weighted by Gasteiger charge is 2.33. The van der Waals surface area contributed by atoms with Crippen molar-refractivity contribution in [1.29, 1.82) is 0 Å². The summed E-state index contributed by atoms with van der Waals surface area (Å²) in [5.41, 5.74) is 5.59. The van der Waals surface area contributed by atoms with Crippen molar-refractivity contribution in [2.45, 2.75) is 31.4 Å². The molecule has 4 rings (SSSR count). The van der Waals surface area contributed by atoms with Crippen LogP contribution >= 0.6 is 0 Å². The Kier molecular flexibility index (Phi) is 5.58. The fourth-order valence-corrected chi connectivity index (χ4v) is 3.87. The predicted molar refractivity (Wildman–Crippen MR) is 102 cm³/mol. The van der Waals surface area contributed by atoms with Gasteiger partial charge in [0.25, 0.3) is 0 Å². The lowest BCUT2D eigenvalue weighted by molar-refractivity contribution is -0.137. The Morgan fingerprint density at radius 1 is 1.23 bits per heavy atom. The van der Waals surface area contributed by atoms with Crippen LogP contribution in [0, 0.1) is 0 Å². The average Bonchev–Trinajstić information content (AvgIpc) is 3.07. The van der Waals surface area contributed by atoms with Crippen molar-refractivity contribution in [2.75, 3.05) is 44.3 Å². The Morgan fingerprint density at radius 3 is 2.63 bits per heavy atom. The lowest BCUT2D eigenvalue weighted by Crippen LogP contribution is -2.50. The first-order chi connectivity index (χ1) is 14.2. The van der Waals surface area contributed by atoms with Crippen molar-refractivity contribution in [3.8, 4) is 0 Å². The molecule has 2 aliphatic heterocycles. The summed E-state index contributed by atoms with van der Waals surface area (Å²) in [4.78, 5) is 20.6. The van der Waals surface area contributed by atoms with Gasteiger partial charge in [0.05, 0.1) is 35.9 Å². The number of rotatable bonds is 3. The van der Waals surface area contributed by atoms with E-state index in [1.54, 1.807) is 14.4 Å². The molecular formula is C19H23F4N5O2. The minimum absolute atomic E-state index is 0.0814. The third kappa shape index (κ3) is 4.08. The van der Waals surface area contributed by atoms with Gasteiger partial charge in [0.2, 0.25) is 11.9 Å². The Hall–Kier alpha value is -2.40. The van der Waals surface area contributed by atoms with Crippen molar-refractivity contribution in [3.05, 3.63) is 23.8 Å². The van der Waals surface area contributed by atoms with Crippen LogP contribution < -0.4 is 10.6 Å². The SMILES string of the molecule is N[C@@H]1CN(c2nc3cc(C(F)(F)F)ccc3n2CC(=O)N2CCOCC2)CC[C@H]1F. The number of fused-ring (bicyclic) bond motifs is 1. The van der Waals surface area contributed by atoms with E-state index in [-0.39, 0.29) is 30.9 Å². The number of carbonyl (C=O) groups excluding carboxylic acids is 1. The summed E-state index contributed by atoms with van der Waals surface area (Å²) < 4.78 is 60.1. The minimum atomic E-state index is -4.50. The van der Waals surface area contributed by atoms with Gasteiger partial charge in [-0.1, -0.05) is 0 Å². The maximum absolute atomic E-state index is 13.8. The molecule has 0 radical (unpaired) electrons. The van der Waals surface area contributed by atoms with Crippen LogP contribution in [0.15, 0.2) is 18.2 Å². The number of piperidine rings is 1. The molecule has 2 atom stereocenters. The zero-order valence-electron chi connectivity index (χ0n) is 16.2. The van der Waals surface area contributed by atoms with E-state index in [2.05, 4.69) is 4.98 Å². The topological polar surface area (TPSA) is 76.6 Å². The first-order valence-electron chi connectivity index (χ1n) is 9.81. The lowest BCUT2D eigenvalue weighted by atomic mass is 10.1. The smallest absolute Gasteiger partial charge is 0.378 e. The molecule has 3 heterocycles. The number of halogens is 4. The lowest BCUT2D eigenvalue weighted by Gasteiger charge is -2.34. The highest BCUT2D eigenvalue weighted by molar-refractivity contribution is 5.84. The first kappa shape index (κ1) is 20.9. The van der Waals surface area contributed by atoms with Crippen molar-refractivity contribution >= 4 is 22.9 Å². The highest BCUT2D eigenvalue weighted by Crippen LogP contribution is 2.33. The Bertz CT molecular complexity index is 926. The van der Waals surface area contributed by atoms with Crippen LogP contribution in [0.3, 0.4) is 0 Å². The van der Waals surface area contributed by atoms with Gasteiger partial charge >= 0.3 is 6.18 Å².